The van der Waals surface area contributed by atoms with Crippen LogP contribution >= 0.6 is 0 Å². The molecule has 1 saturated carbocycles. The molecule has 5 aromatic rings. The van der Waals surface area contributed by atoms with Gasteiger partial charge in [0.2, 0.25) is 0 Å². The molecule has 3 aromatic carbocycles. The second-order valence-corrected chi connectivity index (χ2v) is 10.3. The van der Waals surface area contributed by atoms with Crippen molar-refractivity contribution >= 4 is 23.2 Å². The summed E-state index contributed by atoms with van der Waals surface area (Å²) in [5.41, 5.74) is 0.648. The number of amides is 1. The highest BCUT2D eigenvalue weighted by Crippen LogP contribution is 2.43. The molecule has 2 aromatic heterocycles. The number of rotatable bonds is 7. The lowest BCUT2D eigenvalue weighted by molar-refractivity contribution is 0.0480. The van der Waals surface area contributed by atoms with Gasteiger partial charge in [-0.15, -0.1) is 0 Å². The van der Waals surface area contributed by atoms with E-state index in [9.17, 15) is 18.4 Å². The summed E-state index contributed by atoms with van der Waals surface area (Å²) in [5.74, 6) is -1.10. The number of furan rings is 1. The van der Waals surface area contributed by atoms with Crippen molar-refractivity contribution in [3.8, 4) is 28.2 Å². The van der Waals surface area contributed by atoms with Crippen molar-refractivity contribution in [3.63, 3.8) is 0 Å². The highest BCUT2D eigenvalue weighted by Gasteiger charge is 2.49. The van der Waals surface area contributed by atoms with Crippen molar-refractivity contribution in [2.45, 2.75) is 31.5 Å². The molecule has 1 amide bonds. The van der Waals surface area contributed by atoms with Crippen molar-refractivity contribution in [2.24, 2.45) is 0 Å². The number of nitrogens with zero attached hydrogens (tertiary/aromatic N) is 2. The molecule has 0 radical (unpaired) electrons. The fraction of sp³-hybridized carbons (Fsp3) is 0.188. The Kier molecular flexibility index (Phi) is 6.76. The summed E-state index contributed by atoms with van der Waals surface area (Å²) < 4.78 is 55.1. The molecule has 0 aliphatic heterocycles. The average molecular weight is 572 g/mol. The van der Waals surface area contributed by atoms with E-state index in [1.807, 2.05) is 0 Å². The van der Waals surface area contributed by atoms with Crippen molar-refractivity contribution in [1.82, 2.24) is 15.3 Å². The van der Waals surface area contributed by atoms with Crippen LogP contribution in [0.2, 0.25) is 0 Å². The van der Waals surface area contributed by atoms with Gasteiger partial charge in [0.25, 0.3) is 5.91 Å². The number of carbonyl (C=O) groups is 2. The number of benzene rings is 3. The summed E-state index contributed by atoms with van der Waals surface area (Å²) in [6.07, 6.45) is 2.46. The topological polar surface area (TPSA) is 94.3 Å². The van der Waals surface area contributed by atoms with Crippen LogP contribution in [0.1, 0.15) is 44.9 Å². The third-order valence-corrected chi connectivity index (χ3v) is 7.62. The molecule has 1 fully saturated rings. The molecule has 0 spiro atoms. The molecular formula is C32H24F3N3O4. The van der Waals surface area contributed by atoms with Gasteiger partial charge in [-0.05, 0) is 72.6 Å². The fourth-order valence-corrected chi connectivity index (χ4v) is 5.49. The molecular weight excluding hydrogens is 547 g/mol. The zero-order valence-electron chi connectivity index (χ0n) is 22.6. The van der Waals surface area contributed by atoms with Gasteiger partial charge in [0.05, 0.1) is 23.6 Å². The molecule has 6 rings (SSSR count). The van der Waals surface area contributed by atoms with Crippen molar-refractivity contribution in [1.29, 1.82) is 0 Å². The number of carbonyl (C=O) groups excluding carboxylic acids is 2. The molecule has 10 heteroatoms. The van der Waals surface area contributed by atoms with Gasteiger partial charge in [0, 0.05) is 36.4 Å². The van der Waals surface area contributed by atoms with E-state index in [-0.39, 0.29) is 52.0 Å². The first-order valence-corrected chi connectivity index (χ1v) is 13.1. The van der Waals surface area contributed by atoms with E-state index in [2.05, 4.69) is 15.3 Å². The van der Waals surface area contributed by atoms with E-state index in [4.69, 9.17) is 9.15 Å². The third-order valence-electron chi connectivity index (χ3n) is 7.62. The quantitative estimate of drug-likeness (QED) is 0.218. The van der Waals surface area contributed by atoms with Crippen LogP contribution in [0.25, 0.3) is 33.4 Å². The summed E-state index contributed by atoms with van der Waals surface area (Å²) in [4.78, 5) is 34.2. The molecule has 1 aliphatic carbocycles. The molecule has 1 N–H and O–H groups in total. The minimum Gasteiger partial charge on any atom is -0.496 e. The molecule has 0 atom stereocenters. The normalized spacial score (nSPS) is 18.0. The minimum absolute atomic E-state index is 0.0143. The van der Waals surface area contributed by atoms with Crippen LogP contribution < -0.4 is 10.1 Å². The lowest BCUT2D eigenvalue weighted by Crippen LogP contribution is -2.56. The van der Waals surface area contributed by atoms with Gasteiger partial charge < -0.3 is 14.5 Å². The Morgan fingerprint density at radius 1 is 1.07 bits per heavy atom. The minimum atomic E-state index is -1.12. The van der Waals surface area contributed by atoms with Gasteiger partial charge in [0.15, 0.2) is 12.1 Å². The highest BCUT2D eigenvalue weighted by molar-refractivity contribution is 6.05. The first kappa shape index (κ1) is 27.2. The zero-order valence-corrected chi connectivity index (χ0v) is 22.6. The Labute approximate surface area is 238 Å². The van der Waals surface area contributed by atoms with Crippen LogP contribution in [-0.4, -0.2) is 35.4 Å². The number of halogens is 3. The van der Waals surface area contributed by atoms with Gasteiger partial charge in [-0.1, -0.05) is 0 Å². The lowest BCUT2D eigenvalue weighted by Gasteiger charge is -2.43. The Morgan fingerprint density at radius 2 is 1.79 bits per heavy atom. The second kappa shape index (κ2) is 10.4. The van der Waals surface area contributed by atoms with Crippen LogP contribution in [0.5, 0.6) is 5.75 Å². The number of methoxy groups -OCH3 is 1. The standard InChI is InChI=1S/C32H24F3N3O4/c1-17-12-26(41-2)23(30(40)38-32(14-20(34)15-32)31-36-10-3-11-37-31)13-22(17)21-8-9-25-27(28(21)35)24(16-39)29(42-25)18-4-6-19(33)7-5-18/h3-13,16,20H,14-15H2,1-2H3,(H,38,40). The number of ether oxygens (including phenoxy) is 1. The number of aryl methyl sites for hydroxylation is 1. The molecule has 0 unspecified atom stereocenters. The second-order valence-electron chi connectivity index (χ2n) is 10.3. The van der Waals surface area contributed by atoms with E-state index < -0.39 is 29.3 Å². The maximum absolute atomic E-state index is 16.2. The Hall–Kier alpha value is -4.99. The number of aromatic nitrogens is 2. The van der Waals surface area contributed by atoms with Crippen LogP contribution in [0.4, 0.5) is 13.2 Å². The van der Waals surface area contributed by atoms with Crippen LogP contribution in [0.3, 0.4) is 0 Å². The number of aldehydes is 1. The van der Waals surface area contributed by atoms with Crippen molar-refractivity contribution in [2.75, 3.05) is 7.11 Å². The van der Waals surface area contributed by atoms with Crippen molar-refractivity contribution in [3.05, 3.63) is 101 Å². The summed E-state index contributed by atoms with van der Waals surface area (Å²) in [7, 11) is 1.41. The molecule has 7 nitrogen and oxygen atoms in total. The molecule has 212 valence electrons. The number of nitrogens with one attached hydrogen (secondary N) is 1. The summed E-state index contributed by atoms with van der Waals surface area (Å²) in [6, 6.07) is 13.1. The first-order valence-electron chi connectivity index (χ1n) is 13.1. The Morgan fingerprint density at radius 3 is 2.43 bits per heavy atom. The van der Waals surface area contributed by atoms with Gasteiger partial charge in [0.1, 0.15) is 40.4 Å². The summed E-state index contributed by atoms with van der Waals surface area (Å²) in [5, 5.41) is 2.85. The average Bonchev–Trinajstić information content (AvgIpc) is 3.36. The third kappa shape index (κ3) is 4.49. The lowest BCUT2D eigenvalue weighted by atomic mass is 9.74. The monoisotopic (exact) mass is 571 g/mol. The van der Waals surface area contributed by atoms with Crippen LogP contribution in [0, 0.1) is 18.6 Å². The van der Waals surface area contributed by atoms with E-state index in [1.54, 1.807) is 19.1 Å². The van der Waals surface area contributed by atoms with E-state index in [0.717, 1.165) is 0 Å². The number of alkyl halides is 1. The smallest absolute Gasteiger partial charge is 0.255 e. The predicted octanol–water partition coefficient (Wildman–Crippen LogP) is 6.72. The van der Waals surface area contributed by atoms with Gasteiger partial charge in [-0.3, -0.25) is 9.59 Å². The summed E-state index contributed by atoms with van der Waals surface area (Å²) in [6.45, 7) is 1.74. The van der Waals surface area contributed by atoms with E-state index in [1.165, 1.54) is 62.0 Å². The zero-order chi connectivity index (χ0) is 29.6. The molecule has 2 heterocycles. The molecule has 0 saturated heterocycles. The molecule has 0 bridgehead atoms. The summed E-state index contributed by atoms with van der Waals surface area (Å²) >= 11 is 0. The van der Waals surface area contributed by atoms with Gasteiger partial charge in [-0.2, -0.15) is 0 Å². The first-order chi connectivity index (χ1) is 20.2. The van der Waals surface area contributed by atoms with E-state index in [0.29, 0.717) is 28.8 Å². The van der Waals surface area contributed by atoms with Crippen LogP contribution in [-0.2, 0) is 5.54 Å². The number of hydrogen-bond acceptors (Lipinski definition) is 6. The van der Waals surface area contributed by atoms with Gasteiger partial charge >= 0.3 is 0 Å². The molecule has 42 heavy (non-hydrogen) atoms. The van der Waals surface area contributed by atoms with Gasteiger partial charge in [-0.25, -0.2) is 23.1 Å². The van der Waals surface area contributed by atoms with Crippen LogP contribution in [0.15, 0.2) is 71.4 Å². The van der Waals surface area contributed by atoms with Crippen molar-refractivity contribution < 1.29 is 31.9 Å². The maximum atomic E-state index is 16.2. The molecule has 1 aliphatic rings. The largest absolute Gasteiger partial charge is 0.496 e. The maximum Gasteiger partial charge on any atom is 0.255 e. The fourth-order valence-electron chi connectivity index (χ4n) is 5.49. The number of fused-ring (bicyclic) bond motifs is 1. The number of hydrogen-bond donors (Lipinski definition) is 1. The Balaban J connectivity index is 1.44. The van der Waals surface area contributed by atoms with E-state index >= 15 is 4.39 Å². The predicted molar refractivity (Wildman–Crippen MR) is 149 cm³/mol. The highest BCUT2D eigenvalue weighted by atomic mass is 19.1. The SMILES string of the molecule is COc1cc(C)c(-c2ccc3oc(-c4ccc(F)cc4)c(C=O)c3c2F)cc1C(=O)NC1(c2ncccn2)CC(F)C1. The Bertz CT molecular complexity index is 1830.